The monoisotopic (exact) mass is 155 g/mol. The Kier molecular flexibility index (Phi) is 1.58. The molecule has 11 heavy (non-hydrogen) atoms. The first kappa shape index (κ1) is 7.06. The molecule has 0 aromatic carbocycles. The van der Waals surface area contributed by atoms with Gasteiger partial charge in [-0.05, 0) is 12.8 Å². The van der Waals surface area contributed by atoms with Crippen LogP contribution >= 0.6 is 0 Å². The van der Waals surface area contributed by atoms with E-state index in [1.54, 1.807) is 0 Å². The van der Waals surface area contributed by atoms with Crippen LogP contribution in [0.25, 0.3) is 0 Å². The van der Waals surface area contributed by atoms with E-state index in [1.165, 1.54) is 0 Å². The minimum Gasteiger partial charge on any atom is -0.354 e. The Labute approximate surface area is 65.7 Å². The summed E-state index contributed by atoms with van der Waals surface area (Å²) < 4.78 is 0. The first-order valence-corrected chi connectivity index (χ1v) is 4.07. The third-order valence-electron chi connectivity index (χ3n) is 2.63. The van der Waals surface area contributed by atoms with Crippen molar-refractivity contribution in [3.8, 4) is 0 Å². The quantitative estimate of drug-likeness (QED) is 0.451. The van der Waals surface area contributed by atoms with Crippen molar-refractivity contribution in [2.45, 2.75) is 31.3 Å². The molecule has 0 aliphatic carbocycles. The zero-order valence-electron chi connectivity index (χ0n) is 6.42. The molecule has 2 aliphatic heterocycles. The maximum atomic E-state index is 11.0. The molecule has 0 spiro atoms. The van der Waals surface area contributed by atoms with Crippen LogP contribution in [0.4, 0.5) is 0 Å². The lowest BCUT2D eigenvalue weighted by Gasteiger charge is -2.20. The average molecular weight is 155 g/mol. The number of nitrogens with zero attached hydrogens (tertiary/aromatic N) is 1. The summed E-state index contributed by atoms with van der Waals surface area (Å²) in [7, 11) is 0. The van der Waals surface area contributed by atoms with Crippen LogP contribution in [0.5, 0.6) is 0 Å². The van der Waals surface area contributed by atoms with Crippen molar-refractivity contribution in [3.63, 3.8) is 0 Å². The lowest BCUT2D eigenvalue weighted by molar-refractivity contribution is -0.121. The van der Waals surface area contributed by atoms with Crippen LogP contribution in [0.15, 0.2) is 0 Å². The van der Waals surface area contributed by atoms with Crippen LogP contribution in [0.1, 0.15) is 19.3 Å². The molecule has 2 atom stereocenters. The Morgan fingerprint density at radius 1 is 1.45 bits per heavy atom. The average Bonchev–Trinajstić information content (AvgIpc) is 2.20. The number of carbonyl (C=O) groups is 1. The Hall–Kier alpha value is -0.610. The number of nitrogens with two attached hydrogens (primary N) is 1. The molecular formula is C7H13N3O. The predicted octanol–water partition coefficient (Wildman–Crippen LogP) is -0.787. The molecule has 1 amide bonds. The van der Waals surface area contributed by atoms with Gasteiger partial charge in [0.1, 0.15) is 0 Å². The fraction of sp³-hybridized carbons (Fsp3) is 0.857. The second kappa shape index (κ2) is 2.46. The van der Waals surface area contributed by atoms with E-state index in [4.69, 9.17) is 5.84 Å². The number of hydrazine groups is 1. The van der Waals surface area contributed by atoms with Gasteiger partial charge in [0.15, 0.2) is 0 Å². The van der Waals surface area contributed by atoms with Crippen LogP contribution in [0, 0.1) is 0 Å². The van der Waals surface area contributed by atoms with E-state index in [0.29, 0.717) is 18.5 Å². The first-order chi connectivity index (χ1) is 5.27. The molecule has 2 aliphatic rings. The van der Waals surface area contributed by atoms with E-state index < -0.39 is 0 Å². The van der Waals surface area contributed by atoms with Gasteiger partial charge >= 0.3 is 0 Å². The molecule has 3 N–H and O–H groups in total. The van der Waals surface area contributed by atoms with Crippen LogP contribution in [-0.2, 0) is 4.79 Å². The van der Waals surface area contributed by atoms with Crippen molar-refractivity contribution in [2.24, 2.45) is 5.84 Å². The highest BCUT2D eigenvalue weighted by molar-refractivity contribution is 5.77. The van der Waals surface area contributed by atoms with Crippen molar-refractivity contribution >= 4 is 5.91 Å². The predicted molar refractivity (Wildman–Crippen MR) is 40.5 cm³/mol. The van der Waals surface area contributed by atoms with Gasteiger partial charge in [0, 0.05) is 25.0 Å². The highest BCUT2D eigenvalue weighted by Gasteiger charge is 2.35. The second-order valence-corrected chi connectivity index (χ2v) is 3.34. The Balaban J connectivity index is 2.13. The summed E-state index contributed by atoms with van der Waals surface area (Å²) in [6.07, 6.45) is 2.78. The summed E-state index contributed by atoms with van der Waals surface area (Å²) in [4.78, 5) is 11.0. The SMILES string of the molecule is NN1C2CCC1CC(=O)NC2. The number of rotatable bonds is 0. The van der Waals surface area contributed by atoms with Gasteiger partial charge in [0.05, 0.1) is 0 Å². The van der Waals surface area contributed by atoms with Gasteiger partial charge in [-0.15, -0.1) is 0 Å². The molecule has 62 valence electrons. The third-order valence-corrected chi connectivity index (χ3v) is 2.63. The number of hydrogen-bond donors (Lipinski definition) is 2. The summed E-state index contributed by atoms with van der Waals surface area (Å²) in [6, 6.07) is 0.675. The van der Waals surface area contributed by atoms with E-state index in [2.05, 4.69) is 5.32 Å². The largest absolute Gasteiger partial charge is 0.354 e. The van der Waals surface area contributed by atoms with E-state index in [9.17, 15) is 4.79 Å². The zero-order valence-corrected chi connectivity index (χ0v) is 6.42. The second-order valence-electron chi connectivity index (χ2n) is 3.34. The maximum absolute atomic E-state index is 11.0. The summed E-state index contributed by atoms with van der Waals surface area (Å²) in [5.74, 6) is 5.93. The van der Waals surface area contributed by atoms with Crippen molar-refractivity contribution < 1.29 is 4.79 Å². The molecule has 4 nitrogen and oxygen atoms in total. The van der Waals surface area contributed by atoms with E-state index in [1.807, 2.05) is 5.01 Å². The number of hydrogen-bond acceptors (Lipinski definition) is 3. The van der Waals surface area contributed by atoms with Crippen LogP contribution in [0.3, 0.4) is 0 Å². The van der Waals surface area contributed by atoms with Gasteiger partial charge in [-0.2, -0.15) is 0 Å². The van der Waals surface area contributed by atoms with Gasteiger partial charge in [0.2, 0.25) is 5.91 Å². The van der Waals surface area contributed by atoms with Crippen molar-refractivity contribution in [2.75, 3.05) is 6.54 Å². The standard InChI is InChI=1S/C7H13N3O/c8-10-5-1-2-6(10)4-9-7(11)3-5/h5-6H,1-4,8H2,(H,9,11). The van der Waals surface area contributed by atoms with E-state index in [-0.39, 0.29) is 5.91 Å². The van der Waals surface area contributed by atoms with Gasteiger partial charge in [-0.1, -0.05) is 0 Å². The van der Waals surface area contributed by atoms with Gasteiger partial charge in [-0.25, -0.2) is 5.01 Å². The Morgan fingerprint density at radius 2 is 2.18 bits per heavy atom. The van der Waals surface area contributed by atoms with Gasteiger partial charge in [-0.3, -0.25) is 10.6 Å². The number of amides is 1. The molecule has 0 radical (unpaired) electrons. The third kappa shape index (κ3) is 1.12. The molecule has 0 aromatic heterocycles. The Morgan fingerprint density at radius 3 is 3.00 bits per heavy atom. The Bertz CT molecular complexity index is 183. The molecule has 2 saturated heterocycles. The molecule has 2 bridgehead atoms. The van der Waals surface area contributed by atoms with Gasteiger partial charge < -0.3 is 5.32 Å². The van der Waals surface area contributed by atoms with E-state index in [0.717, 1.165) is 19.4 Å². The normalized spacial score (nSPS) is 38.5. The molecule has 2 unspecified atom stereocenters. The van der Waals surface area contributed by atoms with Crippen molar-refractivity contribution in [1.29, 1.82) is 0 Å². The number of fused-ring (bicyclic) bond motifs is 2. The minimum absolute atomic E-state index is 0.146. The topological polar surface area (TPSA) is 58.4 Å². The summed E-state index contributed by atoms with van der Waals surface area (Å²) >= 11 is 0. The summed E-state index contributed by atoms with van der Waals surface area (Å²) in [5, 5.41) is 4.69. The van der Waals surface area contributed by atoms with E-state index >= 15 is 0 Å². The zero-order chi connectivity index (χ0) is 7.84. The lowest BCUT2D eigenvalue weighted by Crippen LogP contribution is -2.43. The molecule has 2 heterocycles. The fourth-order valence-electron chi connectivity index (χ4n) is 1.91. The van der Waals surface area contributed by atoms with Crippen LogP contribution in [0.2, 0.25) is 0 Å². The lowest BCUT2D eigenvalue weighted by atomic mass is 10.1. The smallest absolute Gasteiger partial charge is 0.221 e. The van der Waals surface area contributed by atoms with Crippen LogP contribution in [-0.4, -0.2) is 29.5 Å². The molecule has 2 fully saturated rings. The highest BCUT2D eigenvalue weighted by atomic mass is 16.1. The maximum Gasteiger partial charge on any atom is 0.221 e. The number of carbonyl (C=O) groups excluding carboxylic acids is 1. The highest BCUT2D eigenvalue weighted by Crippen LogP contribution is 2.24. The number of nitrogens with one attached hydrogen (secondary N) is 1. The fourth-order valence-corrected chi connectivity index (χ4v) is 1.91. The van der Waals surface area contributed by atoms with Crippen molar-refractivity contribution in [3.05, 3.63) is 0 Å². The molecular weight excluding hydrogens is 142 g/mol. The first-order valence-electron chi connectivity index (χ1n) is 4.07. The molecule has 2 rings (SSSR count). The van der Waals surface area contributed by atoms with Gasteiger partial charge in [0.25, 0.3) is 0 Å². The summed E-state index contributed by atoms with van der Waals surface area (Å²) in [6.45, 7) is 0.728. The summed E-state index contributed by atoms with van der Waals surface area (Å²) in [5.41, 5.74) is 0. The minimum atomic E-state index is 0.146. The molecule has 0 aromatic rings. The van der Waals surface area contributed by atoms with Crippen molar-refractivity contribution in [1.82, 2.24) is 10.3 Å². The van der Waals surface area contributed by atoms with Crippen LogP contribution < -0.4 is 11.2 Å². The molecule has 4 heteroatoms. The molecule has 0 saturated carbocycles.